The van der Waals surface area contributed by atoms with Gasteiger partial charge < -0.3 is 10.1 Å². The van der Waals surface area contributed by atoms with Crippen molar-refractivity contribution in [1.29, 1.82) is 0 Å². The average Bonchev–Trinajstić information content (AvgIpc) is 3.41. The molecule has 0 aromatic heterocycles. The minimum absolute atomic E-state index is 0.0183. The number of nitrogens with one attached hydrogen (secondary N) is 1. The summed E-state index contributed by atoms with van der Waals surface area (Å²) >= 11 is 0. The van der Waals surface area contributed by atoms with Gasteiger partial charge in [0, 0.05) is 31.2 Å². The molecule has 4 rings (SSSR count). The Morgan fingerprint density at radius 2 is 1.92 bits per heavy atom. The van der Waals surface area contributed by atoms with Crippen LogP contribution in [0.4, 0.5) is 0 Å². The summed E-state index contributed by atoms with van der Waals surface area (Å²) < 4.78 is 6.08. The highest BCUT2D eigenvalue weighted by Crippen LogP contribution is 2.29. The minimum Gasteiger partial charge on any atom is -0.488 e. The lowest BCUT2D eigenvalue weighted by atomic mass is 9.92. The lowest BCUT2D eigenvalue weighted by molar-refractivity contribution is -0.0188. The Labute approximate surface area is 144 Å². The van der Waals surface area contributed by atoms with Crippen LogP contribution in [0.15, 0.2) is 24.3 Å². The van der Waals surface area contributed by atoms with Crippen LogP contribution in [0.25, 0.3) is 0 Å². The molecule has 3 fully saturated rings. The Kier molecular flexibility index (Phi) is 4.74. The Balaban J connectivity index is 1.26. The van der Waals surface area contributed by atoms with Crippen molar-refractivity contribution in [3.8, 4) is 5.75 Å². The van der Waals surface area contributed by atoms with Gasteiger partial charge in [-0.3, -0.25) is 9.69 Å². The molecule has 0 radical (unpaired) electrons. The zero-order valence-corrected chi connectivity index (χ0v) is 14.4. The molecule has 1 saturated heterocycles. The summed E-state index contributed by atoms with van der Waals surface area (Å²) in [4.78, 5) is 14.7. The van der Waals surface area contributed by atoms with Crippen LogP contribution in [0, 0.1) is 5.92 Å². The van der Waals surface area contributed by atoms with E-state index in [0.29, 0.717) is 11.5 Å². The van der Waals surface area contributed by atoms with Crippen molar-refractivity contribution in [1.82, 2.24) is 10.2 Å². The molecular formula is C20H28N2O2. The van der Waals surface area contributed by atoms with Crippen molar-refractivity contribution in [3.05, 3.63) is 29.8 Å². The number of likely N-dealkylation sites (tertiary alicyclic amines) is 1. The Hall–Kier alpha value is -1.55. The van der Waals surface area contributed by atoms with E-state index in [2.05, 4.69) is 10.2 Å². The van der Waals surface area contributed by atoms with Gasteiger partial charge in [-0.1, -0.05) is 25.3 Å². The van der Waals surface area contributed by atoms with Gasteiger partial charge in [0.15, 0.2) is 0 Å². The number of carbonyl (C=O) groups excluding carboxylic acids is 1. The largest absolute Gasteiger partial charge is 0.488 e. The first kappa shape index (κ1) is 15.9. The summed E-state index contributed by atoms with van der Waals surface area (Å²) in [6, 6.07) is 8.40. The SMILES string of the molecule is O=C(NCC1CC1)c1cccc(OC2CN(C3CCCCC3)C2)c1. The first-order valence-electron chi connectivity index (χ1n) is 9.57. The predicted octanol–water partition coefficient (Wildman–Crippen LogP) is 3.22. The number of ether oxygens (including phenoxy) is 1. The van der Waals surface area contributed by atoms with E-state index in [4.69, 9.17) is 4.74 Å². The van der Waals surface area contributed by atoms with E-state index in [-0.39, 0.29) is 12.0 Å². The third-order valence-electron chi connectivity index (χ3n) is 5.61. The van der Waals surface area contributed by atoms with Gasteiger partial charge in [0.25, 0.3) is 5.91 Å². The molecule has 0 unspecified atom stereocenters. The third-order valence-corrected chi connectivity index (χ3v) is 5.61. The number of nitrogens with zero attached hydrogens (tertiary/aromatic N) is 1. The van der Waals surface area contributed by atoms with Crippen LogP contribution in [0.1, 0.15) is 55.3 Å². The fraction of sp³-hybridized carbons (Fsp3) is 0.650. The molecule has 0 spiro atoms. The second-order valence-electron chi connectivity index (χ2n) is 7.67. The third kappa shape index (κ3) is 3.92. The average molecular weight is 328 g/mol. The quantitative estimate of drug-likeness (QED) is 0.872. The van der Waals surface area contributed by atoms with Gasteiger partial charge in [-0.2, -0.15) is 0 Å². The molecule has 0 atom stereocenters. The molecule has 1 heterocycles. The molecule has 2 aliphatic carbocycles. The number of amides is 1. The van der Waals surface area contributed by atoms with E-state index >= 15 is 0 Å². The number of carbonyl (C=O) groups is 1. The smallest absolute Gasteiger partial charge is 0.251 e. The van der Waals surface area contributed by atoms with Gasteiger partial charge in [-0.05, 0) is 49.8 Å². The maximum absolute atomic E-state index is 12.2. The molecule has 0 bridgehead atoms. The molecule has 1 aliphatic heterocycles. The second kappa shape index (κ2) is 7.14. The molecule has 4 nitrogen and oxygen atoms in total. The first-order chi connectivity index (χ1) is 11.8. The van der Waals surface area contributed by atoms with Gasteiger partial charge in [0.2, 0.25) is 0 Å². The molecule has 3 aliphatic rings. The topological polar surface area (TPSA) is 41.6 Å². The van der Waals surface area contributed by atoms with E-state index in [1.165, 1.54) is 44.9 Å². The molecule has 24 heavy (non-hydrogen) atoms. The lowest BCUT2D eigenvalue weighted by Crippen LogP contribution is -2.58. The fourth-order valence-electron chi connectivity index (χ4n) is 3.85. The highest BCUT2D eigenvalue weighted by atomic mass is 16.5. The van der Waals surface area contributed by atoms with Crippen molar-refractivity contribution < 1.29 is 9.53 Å². The van der Waals surface area contributed by atoms with Gasteiger partial charge in [0.1, 0.15) is 11.9 Å². The maximum Gasteiger partial charge on any atom is 0.251 e. The van der Waals surface area contributed by atoms with E-state index in [9.17, 15) is 4.79 Å². The highest BCUT2D eigenvalue weighted by molar-refractivity contribution is 5.94. The Morgan fingerprint density at radius 1 is 1.12 bits per heavy atom. The predicted molar refractivity (Wildman–Crippen MR) is 94.4 cm³/mol. The first-order valence-corrected chi connectivity index (χ1v) is 9.57. The molecule has 4 heteroatoms. The van der Waals surface area contributed by atoms with Crippen LogP contribution in [0.5, 0.6) is 5.75 Å². The van der Waals surface area contributed by atoms with Gasteiger partial charge in [-0.25, -0.2) is 0 Å². The summed E-state index contributed by atoms with van der Waals surface area (Å²) in [7, 11) is 0. The standard InChI is InChI=1S/C20H28N2O2/c23-20(21-12-15-9-10-15)16-5-4-8-18(11-16)24-19-13-22(14-19)17-6-2-1-3-7-17/h4-5,8,11,15,17,19H,1-3,6-7,9-10,12-14H2,(H,21,23). The number of hydrogen-bond donors (Lipinski definition) is 1. The van der Waals surface area contributed by atoms with E-state index < -0.39 is 0 Å². The molecule has 1 amide bonds. The highest BCUT2D eigenvalue weighted by Gasteiger charge is 2.34. The Morgan fingerprint density at radius 3 is 2.67 bits per heavy atom. The summed E-state index contributed by atoms with van der Waals surface area (Å²) in [5, 5.41) is 3.02. The van der Waals surface area contributed by atoms with Gasteiger partial charge >= 0.3 is 0 Å². The van der Waals surface area contributed by atoms with Crippen LogP contribution in [-0.4, -0.2) is 42.6 Å². The maximum atomic E-state index is 12.2. The minimum atomic E-state index is 0.0183. The number of rotatable bonds is 6. The van der Waals surface area contributed by atoms with Gasteiger partial charge in [-0.15, -0.1) is 0 Å². The Bertz CT molecular complexity index is 573. The lowest BCUT2D eigenvalue weighted by Gasteiger charge is -2.45. The fourth-order valence-corrected chi connectivity index (χ4v) is 3.85. The summed E-state index contributed by atoms with van der Waals surface area (Å²) in [6.07, 6.45) is 9.64. The van der Waals surface area contributed by atoms with Crippen LogP contribution < -0.4 is 10.1 Å². The summed E-state index contributed by atoms with van der Waals surface area (Å²) in [5.74, 6) is 1.54. The zero-order valence-electron chi connectivity index (χ0n) is 14.4. The molecule has 1 aromatic carbocycles. The monoisotopic (exact) mass is 328 g/mol. The van der Waals surface area contributed by atoms with Crippen molar-refractivity contribution >= 4 is 5.91 Å². The molecule has 2 saturated carbocycles. The summed E-state index contributed by atoms with van der Waals surface area (Å²) in [5.41, 5.74) is 0.705. The van der Waals surface area contributed by atoms with Crippen LogP contribution in [0.2, 0.25) is 0 Å². The zero-order chi connectivity index (χ0) is 16.4. The summed E-state index contributed by atoms with van der Waals surface area (Å²) in [6.45, 7) is 2.87. The van der Waals surface area contributed by atoms with Crippen LogP contribution in [-0.2, 0) is 0 Å². The number of hydrogen-bond acceptors (Lipinski definition) is 3. The van der Waals surface area contributed by atoms with Crippen molar-refractivity contribution in [3.63, 3.8) is 0 Å². The van der Waals surface area contributed by atoms with Crippen molar-refractivity contribution in [2.45, 2.75) is 57.1 Å². The van der Waals surface area contributed by atoms with E-state index in [0.717, 1.165) is 31.4 Å². The number of benzene rings is 1. The van der Waals surface area contributed by atoms with Gasteiger partial charge in [0.05, 0.1) is 0 Å². The van der Waals surface area contributed by atoms with Crippen molar-refractivity contribution in [2.75, 3.05) is 19.6 Å². The van der Waals surface area contributed by atoms with E-state index in [1.807, 2.05) is 24.3 Å². The van der Waals surface area contributed by atoms with Crippen LogP contribution in [0.3, 0.4) is 0 Å². The molecule has 1 N–H and O–H groups in total. The molecule has 130 valence electrons. The normalized spacial score (nSPS) is 22.8. The molecular weight excluding hydrogens is 300 g/mol. The van der Waals surface area contributed by atoms with Crippen LogP contribution >= 0.6 is 0 Å². The second-order valence-corrected chi connectivity index (χ2v) is 7.67. The van der Waals surface area contributed by atoms with Crippen molar-refractivity contribution in [2.24, 2.45) is 5.92 Å². The molecule has 1 aromatic rings. The van der Waals surface area contributed by atoms with E-state index in [1.54, 1.807) is 0 Å².